The van der Waals surface area contributed by atoms with Gasteiger partial charge in [-0.1, -0.05) is 13.0 Å². The predicted octanol–water partition coefficient (Wildman–Crippen LogP) is 1.83. The van der Waals surface area contributed by atoms with Crippen LogP contribution >= 0.6 is 0 Å². The van der Waals surface area contributed by atoms with E-state index in [1.54, 1.807) is 4.80 Å². The lowest BCUT2D eigenvalue weighted by Crippen LogP contribution is -2.41. The van der Waals surface area contributed by atoms with Gasteiger partial charge in [0.2, 0.25) is 0 Å². The lowest BCUT2D eigenvalue weighted by Gasteiger charge is -2.32. The summed E-state index contributed by atoms with van der Waals surface area (Å²) in [4.78, 5) is 1.61. The van der Waals surface area contributed by atoms with Crippen LogP contribution in [0.3, 0.4) is 0 Å². The molecule has 0 spiro atoms. The van der Waals surface area contributed by atoms with Crippen molar-refractivity contribution in [1.29, 1.82) is 0 Å². The average molecular weight is 287 g/mol. The first-order valence-electron chi connectivity index (χ1n) is 7.43. The Morgan fingerprint density at radius 2 is 1.71 bits per heavy atom. The summed E-state index contributed by atoms with van der Waals surface area (Å²) in [6.07, 6.45) is 0.905. The number of aryl methyl sites for hydroxylation is 2. The highest BCUT2D eigenvalue weighted by molar-refractivity contribution is 6.62. The summed E-state index contributed by atoms with van der Waals surface area (Å²) in [5.41, 5.74) is 3.37. The minimum absolute atomic E-state index is 0.332. The van der Waals surface area contributed by atoms with Crippen LogP contribution in [0.5, 0.6) is 0 Å². The van der Waals surface area contributed by atoms with Gasteiger partial charge in [0.15, 0.2) is 0 Å². The Bertz CT molecular complexity index is 678. The van der Waals surface area contributed by atoms with Crippen LogP contribution in [0.15, 0.2) is 12.1 Å². The van der Waals surface area contributed by atoms with Crippen molar-refractivity contribution in [2.45, 2.75) is 52.2 Å². The highest BCUT2D eigenvalue weighted by Gasteiger charge is 2.51. The van der Waals surface area contributed by atoms with Gasteiger partial charge < -0.3 is 9.31 Å². The van der Waals surface area contributed by atoms with Crippen molar-refractivity contribution in [3.8, 4) is 0 Å². The highest BCUT2D eigenvalue weighted by Crippen LogP contribution is 2.36. The second kappa shape index (κ2) is 4.55. The Kier molecular flexibility index (Phi) is 3.15. The maximum atomic E-state index is 6.13. The maximum Gasteiger partial charge on any atom is 0.494 e. The van der Waals surface area contributed by atoms with Crippen LogP contribution in [0.1, 0.15) is 40.2 Å². The molecule has 1 aliphatic rings. The second-order valence-corrected chi connectivity index (χ2v) is 6.68. The molecular formula is C15H22BN3O2. The van der Waals surface area contributed by atoms with Gasteiger partial charge in [0, 0.05) is 7.05 Å². The van der Waals surface area contributed by atoms with Crippen LogP contribution in [0, 0.1) is 0 Å². The minimum atomic E-state index is -0.355. The highest BCUT2D eigenvalue weighted by atomic mass is 16.7. The molecule has 0 bridgehead atoms. The van der Waals surface area contributed by atoms with Gasteiger partial charge in [0.05, 0.1) is 11.2 Å². The first-order chi connectivity index (χ1) is 9.73. The largest absolute Gasteiger partial charge is 0.494 e. The molecule has 0 N–H and O–H groups in total. The van der Waals surface area contributed by atoms with Gasteiger partial charge in [-0.2, -0.15) is 15.0 Å². The van der Waals surface area contributed by atoms with Crippen LogP contribution in [-0.2, 0) is 22.8 Å². The third kappa shape index (κ3) is 2.26. The van der Waals surface area contributed by atoms with Crippen molar-refractivity contribution in [2.24, 2.45) is 7.05 Å². The van der Waals surface area contributed by atoms with Crippen LogP contribution in [0.25, 0.3) is 11.0 Å². The van der Waals surface area contributed by atoms with Crippen molar-refractivity contribution >= 4 is 23.6 Å². The molecule has 0 amide bonds. The van der Waals surface area contributed by atoms with Crippen LogP contribution < -0.4 is 5.46 Å². The van der Waals surface area contributed by atoms with Gasteiger partial charge in [0.1, 0.15) is 11.0 Å². The average Bonchev–Trinajstić information content (AvgIpc) is 2.85. The third-order valence-electron chi connectivity index (χ3n) is 4.59. The zero-order valence-corrected chi connectivity index (χ0v) is 13.6. The smallest absolute Gasteiger partial charge is 0.399 e. The SMILES string of the molecule is CCc1cc(B2OC(C)(C)C(C)(C)O2)cc2nn(C)nc12. The summed E-state index contributed by atoms with van der Waals surface area (Å²) < 4.78 is 12.3. The molecule has 1 aromatic heterocycles. The summed E-state index contributed by atoms with van der Waals surface area (Å²) in [5.74, 6) is 0. The molecule has 1 aliphatic heterocycles. The minimum Gasteiger partial charge on any atom is -0.399 e. The summed E-state index contributed by atoms with van der Waals surface area (Å²) >= 11 is 0. The summed E-state index contributed by atoms with van der Waals surface area (Å²) in [6.45, 7) is 10.4. The number of benzene rings is 1. The topological polar surface area (TPSA) is 49.2 Å². The molecule has 2 aromatic rings. The van der Waals surface area contributed by atoms with Gasteiger partial charge in [-0.15, -0.1) is 0 Å². The molecule has 6 heteroatoms. The summed E-state index contributed by atoms with van der Waals surface area (Å²) in [5, 5.41) is 8.85. The fourth-order valence-corrected chi connectivity index (χ4v) is 2.60. The van der Waals surface area contributed by atoms with Crippen molar-refractivity contribution in [2.75, 3.05) is 0 Å². The molecule has 5 nitrogen and oxygen atoms in total. The second-order valence-electron chi connectivity index (χ2n) is 6.68. The molecule has 3 rings (SSSR count). The van der Waals surface area contributed by atoms with E-state index in [-0.39, 0.29) is 18.3 Å². The molecule has 0 saturated carbocycles. The van der Waals surface area contributed by atoms with E-state index < -0.39 is 0 Å². The van der Waals surface area contributed by atoms with E-state index >= 15 is 0 Å². The molecule has 0 atom stereocenters. The molecule has 1 fully saturated rings. The lowest BCUT2D eigenvalue weighted by atomic mass is 9.78. The first kappa shape index (κ1) is 14.5. The molecule has 21 heavy (non-hydrogen) atoms. The monoisotopic (exact) mass is 287 g/mol. The molecule has 112 valence electrons. The van der Waals surface area contributed by atoms with Gasteiger partial charge >= 0.3 is 7.12 Å². The standard InChI is InChI=1S/C15H22BN3O2/c1-7-10-8-11(9-12-13(10)18-19(6)17-12)16-20-14(2,3)15(4,5)21-16/h8-9H,7H2,1-6H3. The van der Waals surface area contributed by atoms with Gasteiger partial charge in [-0.3, -0.25) is 0 Å². The number of hydrogen-bond donors (Lipinski definition) is 0. The zero-order valence-electron chi connectivity index (χ0n) is 13.6. The number of hydrogen-bond acceptors (Lipinski definition) is 4. The molecule has 0 radical (unpaired) electrons. The third-order valence-corrected chi connectivity index (χ3v) is 4.59. The van der Waals surface area contributed by atoms with E-state index in [0.29, 0.717) is 0 Å². The number of nitrogens with zero attached hydrogens (tertiary/aromatic N) is 3. The number of aromatic nitrogens is 3. The van der Waals surface area contributed by atoms with E-state index in [1.165, 1.54) is 5.56 Å². The quantitative estimate of drug-likeness (QED) is 0.791. The molecule has 1 saturated heterocycles. The Morgan fingerprint density at radius 1 is 1.10 bits per heavy atom. The van der Waals surface area contributed by atoms with Gasteiger partial charge in [0.25, 0.3) is 0 Å². The first-order valence-corrected chi connectivity index (χ1v) is 7.43. The summed E-state index contributed by atoms with van der Waals surface area (Å²) in [6, 6.07) is 4.14. The zero-order chi connectivity index (χ0) is 15.4. The molecule has 2 heterocycles. The van der Waals surface area contributed by atoms with Gasteiger partial charge in [-0.05, 0) is 51.2 Å². The van der Waals surface area contributed by atoms with E-state index in [0.717, 1.165) is 22.9 Å². The van der Waals surface area contributed by atoms with Crippen molar-refractivity contribution in [1.82, 2.24) is 15.0 Å². The van der Waals surface area contributed by atoms with Gasteiger partial charge in [-0.25, -0.2) is 0 Å². The van der Waals surface area contributed by atoms with Crippen LogP contribution in [0.4, 0.5) is 0 Å². The van der Waals surface area contributed by atoms with E-state index in [1.807, 2.05) is 13.1 Å². The lowest BCUT2D eigenvalue weighted by molar-refractivity contribution is 0.00578. The summed E-state index contributed by atoms with van der Waals surface area (Å²) in [7, 11) is 1.49. The van der Waals surface area contributed by atoms with Crippen molar-refractivity contribution in [3.63, 3.8) is 0 Å². The van der Waals surface area contributed by atoms with E-state index in [4.69, 9.17) is 9.31 Å². The normalized spacial score (nSPS) is 20.4. The fraction of sp³-hybridized carbons (Fsp3) is 0.600. The Balaban J connectivity index is 2.06. The van der Waals surface area contributed by atoms with Crippen LogP contribution in [-0.4, -0.2) is 33.3 Å². The van der Waals surface area contributed by atoms with E-state index in [2.05, 4.69) is 50.9 Å². The predicted molar refractivity (Wildman–Crippen MR) is 83.6 cm³/mol. The molecule has 1 aromatic carbocycles. The van der Waals surface area contributed by atoms with E-state index in [9.17, 15) is 0 Å². The Hall–Kier alpha value is -1.40. The number of rotatable bonds is 2. The molecule has 0 unspecified atom stereocenters. The number of fused-ring (bicyclic) bond motifs is 1. The van der Waals surface area contributed by atoms with Crippen molar-refractivity contribution in [3.05, 3.63) is 17.7 Å². The maximum absolute atomic E-state index is 6.13. The molecule has 0 aliphatic carbocycles. The fourth-order valence-electron chi connectivity index (χ4n) is 2.60. The Labute approximate surface area is 125 Å². The van der Waals surface area contributed by atoms with Crippen molar-refractivity contribution < 1.29 is 9.31 Å². The van der Waals surface area contributed by atoms with Crippen LogP contribution in [0.2, 0.25) is 0 Å². The Morgan fingerprint density at radius 3 is 2.29 bits per heavy atom. The molecular weight excluding hydrogens is 265 g/mol.